The number of rotatable bonds is 4. The lowest BCUT2D eigenvalue weighted by atomic mass is 9.95. The summed E-state index contributed by atoms with van der Waals surface area (Å²) in [5.74, 6) is 3.92. The normalized spacial score (nSPS) is 18.8. The number of hydrogen-bond acceptors (Lipinski definition) is 8. The van der Waals surface area contributed by atoms with E-state index in [4.69, 9.17) is 20.0 Å². The first kappa shape index (κ1) is 31.7. The molecule has 3 aliphatic heterocycles. The molecule has 0 spiro atoms. The maximum Gasteiger partial charge on any atom is 0.151 e. The van der Waals surface area contributed by atoms with E-state index in [1.807, 2.05) is 57.4 Å². The Kier molecular flexibility index (Phi) is 8.05. The zero-order chi connectivity index (χ0) is 34.5. The van der Waals surface area contributed by atoms with Crippen LogP contribution in [-0.2, 0) is 19.9 Å². The van der Waals surface area contributed by atoms with Gasteiger partial charge in [-0.05, 0) is 37.0 Å². The van der Waals surface area contributed by atoms with Crippen LogP contribution in [0.5, 0.6) is 0 Å². The molecule has 6 bridgehead atoms. The number of nitrogens with zero attached hydrogens (tertiary/aromatic N) is 6. The van der Waals surface area contributed by atoms with Crippen molar-refractivity contribution in [3.63, 3.8) is 0 Å². The average Bonchev–Trinajstić information content (AvgIpc) is 3.70. The smallest absolute Gasteiger partial charge is 0.151 e. The predicted octanol–water partition coefficient (Wildman–Crippen LogP) is 5.44. The van der Waals surface area contributed by atoms with Gasteiger partial charge in [-0.1, -0.05) is 78.9 Å². The maximum absolute atomic E-state index is 9.96. The molecule has 10 heteroatoms. The predicted molar refractivity (Wildman–Crippen MR) is 200 cm³/mol. The van der Waals surface area contributed by atoms with Gasteiger partial charge in [0, 0.05) is 84.2 Å². The van der Waals surface area contributed by atoms with Gasteiger partial charge in [-0.3, -0.25) is 4.99 Å². The lowest BCUT2D eigenvalue weighted by Crippen LogP contribution is -2.37. The van der Waals surface area contributed by atoms with E-state index in [1.54, 1.807) is 7.05 Å². The molecule has 4 aromatic carbocycles. The quantitative estimate of drug-likeness (QED) is 0.204. The zero-order valence-corrected chi connectivity index (χ0v) is 28.6. The van der Waals surface area contributed by atoms with Crippen LogP contribution in [0, 0.1) is 0 Å². The van der Waals surface area contributed by atoms with Gasteiger partial charge in [0.25, 0.3) is 0 Å². The van der Waals surface area contributed by atoms with E-state index in [0.717, 1.165) is 84.3 Å². The highest BCUT2D eigenvalue weighted by Crippen LogP contribution is 2.41. The minimum absolute atomic E-state index is 0.0112. The summed E-state index contributed by atoms with van der Waals surface area (Å²) < 4.78 is 2.08. The topological polar surface area (TPSA) is 122 Å². The lowest BCUT2D eigenvalue weighted by Gasteiger charge is -2.21. The van der Waals surface area contributed by atoms with Crippen molar-refractivity contribution in [2.75, 3.05) is 27.3 Å². The SMILES string of the molecule is CN=C1NC2NC(=NC3c4ccccc4C(=Nc4c5ccccc5c(n4C)N=C(C)c4ccccc41)N3C)c1cc(CCO)c(CCO)cc12. The fourth-order valence-corrected chi connectivity index (χ4v) is 7.56. The first-order valence-corrected chi connectivity index (χ1v) is 17.0. The van der Waals surface area contributed by atoms with Crippen molar-refractivity contribution in [1.29, 1.82) is 0 Å². The molecule has 1 aromatic heterocycles. The third kappa shape index (κ3) is 5.10. The average molecular weight is 665 g/mol. The molecule has 0 saturated carbocycles. The molecule has 0 amide bonds. The number of aliphatic hydroxyl groups is 2. The van der Waals surface area contributed by atoms with Gasteiger partial charge in [0.15, 0.2) is 6.17 Å². The van der Waals surface area contributed by atoms with E-state index in [9.17, 15) is 10.2 Å². The van der Waals surface area contributed by atoms with Crippen LogP contribution in [0.25, 0.3) is 10.8 Å². The Bertz CT molecular complexity index is 2280. The highest BCUT2D eigenvalue weighted by atomic mass is 16.3. The third-order valence-electron chi connectivity index (χ3n) is 10.0. The van der Waals surface area contributed by atoms with E-state index in [1.165, 1.54) is 0 Å². The van der Waals surface area contributed by atoms with Crippen LogP contribution in [-0.4, -0.2) is 70.2 Å². The van der Waals surface area contributed by atoms with Crippen molar-refractivity contribution in [3.05, 3.63) is 129 Å². The van der Waals surface area contributed by atoms with Crippen molar-refractivity contribution < 1.29 is 10.2 Å². The van der Waals surface area contributed by atoms with Crippen LogP contribution in [0.4, 0.5) is 11.6 Å². The first-order valence-electron chi connectivity index (χ1n) is 17.0. The van der Waals surface area contributed by atoms with Crippen LogP contribution in [0.1, 0.15) is 63.8 Å². The molecule has 5 aromatic rings. The van der Waals surface area contributed by atoms with Crippen molar-refractivity contribution in [3.8, 4) is 0 Å². The summed E-state index contributed by atoms with van der Waals surface area (Å²) in [6.45, 7) is 2.06. The largest absolute Gasteiger partial charge is 0.396 e. The molecule has 2 atom stereocenters. The van der Waals surface area contributed by atoms with E-state index < -0.39 is 0 Å². The van der Waals surface area contributed by atoms with E-state index >= 15 is 0 Å². The Morgan fingerprint density at radius 3 is 2.04 bits per heavy atom. The molecule has 0 radical (unpaired) electrons. The second-order valence-corrected chi connectivity index (χ2v) is 12.9. The highest BCUT2D eigenvalue weighted by molar-refractivity contribution is 6.14. The fraction of sp³-hybridized carbons (Fsp3) is 0.250. The molecule has 4 heterocycles. The number of aliphatic hydroxyl groups excluding tert-OH is 2. The Labute approximate surface area is 291 Å². The molecule has 2 unspecified atom stereocenters. The van der Waals surface area contributed by atoms with Crippen LogP contribution in [0.3, 0.4) is 0 Å². The molecule has 3 aliphatic rings. The second-order valence-electron chi connectivity index (χ2n) is 12.9. The van der Waals surface area contributed by atoms with Gasteiger partial charge >= 0.3 is 0 Å². The second kappa shape index (κ2) is 12.7. The summed E-state index contributed by atoms with van der Waals surface area (Å²) in [5.41, 5.74) is 8.77. The van der Waals surface area contributed by atoms with Crippen molar-refractivity contribution in [1.82, 2.24) is 20.1 Å². The summed E-state index contributed by atoms with van der Waals surface area (Å²) >= 11 is 0. The number of amidine groups is 3. The van der Waals surface area contributed by atoms with Gasteiger partial charge in [-0.15, -0.1) is 0 Å². The third-order valence-corrected chi connectivity index (χ3v) is 10.0. The number of nitrogens with one attached hydrogen (secondary N) is 2. The fourth-order valence-electron chi connectivity index (χ4n) is 7.56. The van der Waals surface area contributed by atoms with Crippen LogP contribution in [0.2, 0.25) is 0 Å². The standard InChI is InChI=1S/C40H40N8O2/c1-23-26-11-5-6-12-27(26)34(41-2)43-35-32-21-24(17-19-49)25(18-20-50)22-33(32)36(44-35)45-38-29-14-8-10-16-31(29)40(48(38)4)46-39-30-15-9-7-13-28(30)37(42-23)47(39)3/h5-16,21-22,35,38,49-50H,17-20H2,1-4H3,(H,41,43)(H,44,45). The number of benzene rings is 4. The first-order chi connectivity index (χ1) is 24.4. The molecule has 10 nitrogen and oxygen atoms in total. The minimum atomic E-state index is -0.363. The monoisotopic (exact) mass is 664 g/mol. The summed E-state index contributed by atoms with van der Waals surface area (Å²) in [6, 6.07) is 29.0. The maximum atomic E-state index is 9.96. The molecule has 252 valence electrons. The number of aliphatic imine (C=N–C) groups is 4. The minimum Gasteiger partial charge on any atom is -0.396 e. The molecule has 50 heavy (non-hydrogen) atoms. The van der Waals surface area contributed by atoms with Crippen LogP contribution in [0.15, 0.2) is 105 Å². The Morgan fingerprint density at radius 2 is 1.34 bits per heavy atom. The van der Waals surface area contributed by atoms with Gasteiger partial charge in [0.2, 0.25) is 0 Å². The number of aromatic nitrogens is 1. The zero-order valence-electron chi connectivity index (χ0n) is 28.6. The lowest BCUT2D eigenvalue weighted by molar-refractivity contribution is 0.293. The molecule has 4 N–H and O–H groups in total. The molecular weight excluding hydrogens is 624 g/mol. The van der Waals surface area contributed by atoms with Crippen molar-refractivity contribution in [2.24, 2.45) is 27.0 Å². The van der Waals surface area contributed by atoms with E-state index in [-0.39, 0.29) is 25.5 Å². The van der Waals surface area contributed by atoms with E-state index in [0.29, 0.717) is 18.7 Å². The Morgan fingerprint density at radius 1 is 0.720 bits per heavy atom. The van der Waals surface area contributed by atoms with Gasteiger partial charge < -0.3 is 30.3 Å². The number of hydrogen-bond donors (Lipinski definition) is 4. The molecule has 8 rings (SSSR count). The Hall–Kier alpha value is -5.58. The molecular formula is C40H40N8O2. The van der Waals surface area contributed by atoms with Crippen LogP contribution < -0.4 is 10.6 Å². The highest BCUT2D eigenvalue weighted by Gasteiger charge is 2.36. The molecule has 0 saturated heterocycles. The summed E-state index contributed by atoms with van der Waals surface area (Å²) in [4.78, 5) is 23.0. The van der Waals surface area contributed by atoms with Crippen LogP contribution >= 0.6 is 0 Å². The summed E-state index contributed by atoms with van der Waals surface area (Å²) in [5, 5.41) is 29.3. The Balaban J connectivity index is 1.41. The summed E-state index contributed by atoms with van der Waals surface area (Å²) in [6.07, 6.45) is 0.261. The van der Waals surface area contributed by atoms with Gasteiger partial charge in [-0.25, -0.2) is 15.0 Å². The van der Waals surface area contributed by atoms with Gasteiger partial charge in [-0.2, -0.15) is 0 Å². The van der Waals surface area contributed by atoms with Gasteiger partial charge in [0.1, 0.15) is 35.3 Å². The summed E-state index contributed by atoms with van der Waals surface area (Å²) in [7, 11) is 5.86. The van der Waals surface area contributed by atoms with Crippen molar-refractivity contribution >= 4 is 45.6 Å². The van der Waals surface area contributed by atoms with Crippen molar-refractivity contribution in [2.45, 2.75) is 32.1 Å². The molecule has 0 aliphatic carbocycles. The number of fused-ring (bicyclic) bond motifs is 16. The van der Waals surface area contributed by atoms with Gasteiger partial charge in [0.05, 0.1) is 0 Å². The molecule has 0 fully saturated rings. The van der Waals surface area contributed by atoms with E-state index in [2.05, 4.69) is 68.6 Å².